The average molecular weight is 597 g/mol. The molecule has 0 aliphatic rings. The summed E-state index contributed by atoms with van der Waals surface area (Å²) in [6, 6.07) is 15.1. The quantitative estimate of drug-likeness (QED) is 0.176. The van der Waals surface area contributed by atoms with Gasteiger partial charge in [0.2, 0.25) is 5.91 Å². The van der Waals surface area contributed by atoms with E-state index >= 15 is 0 Å². The van der Waals surface area contributed by atoms with E-state index in [0.717, 1.165) is 16.2 Å². The Hall–Kier alpha value is -4.13. The summed E-state index contributed by atoms with van der Waals surface area (Å²) in [5.74, 6) is 0.0445. The summed E-state index contributed by atoms with van der Waals surface area (Å²) in [7, 11) is 0. The third-order valence-electron chi connectivity index (χ3n) is 5.52. The summed E-state index contributed by atoms with van der Waals surface area (Å²) in [5, 5.41) is 11.2. The first-order valence-corrected chi connectivity index (χ1v) is 14.1. The number of hydrogen-bond donors (Lipinski definition) is 3. The highest BCUT2D eigenvalue weighted by Gasteiger charge is 2.17. The van der Waals surface area contributed by atoms with Crippen LogP contribution < -0.4 is 20.7 Å². The molecule has 204 valence electrons. The van der Waals surface area contributed by atoms with Crippen LogP contribution in [0, 0.1) is 5.82 Å². The molecule has 0 spiro atoms. The van der Waals surface area contributed by atoms with Gasteiger partial charge in [0.05, 0.1) is 11.4 Å². The lowest BCUT2D eigenvalue weighted by Gasteiger charge is -2.11. The first-order chi connectivity index (χ1) is 19.4. The van der Waals surface area contributed by atoms with Gasteiger partial charge in [0.1, 0.15) is 34.8 Å². The highest BCUT2D eigenvalue weighted by atomic mass is 35.5. The standard InChI is InChI=1S/C27H22ClFN6O3S2/c28-20-12-18(6-7-21(20)38-14-16-3-1-4-17(29)11-16)34-24-23-26(33-15-32-24)40-27(35-23)25(37)31-9-8-30-22(36)13-19-5-2-10-39-19/h1-7,10-12,15H,8-9,13-14H2,(H,30,36)(H,31,37)(H,32,33,34). The molecule has 0 atom stereocenters. The van der Waals surface area contributed by atoms with E-state index < -0.39 is 0 Å². The van der Waals surface area contributed by atoms with E-state index in [0.29, 0.717) is 51.2 Å². The second-order valence-corrected chi connectivity index (χ2v) is 10.9. The highest BCUT2D eigenvalue weighted by molar-refractivity contribution is 7.20. The first-order valence-electron chi connectivity index (χ1n) is 12.1. The molecule has 0 unspecified atom stereocenters. The fourth-order valence-electron chi connectivity index (χ4n) is 3.65. The molecule has 40 heavy (non-hydrogen) atoms. The number of thiazole rings is 1. The number of thiophene rings is 1. The summed E-state index contributed by atoms with van der Waals surface area (Å²) in [6.07, 6.45) is 1.69. The topological polar surface area (TPSA) is 118 Å². The molecular formula is C27H22ClFN6O3S2. The van der Waals surface area contributed by atoms with Gasteiger partial charge in [-0.25, -0.2) is 19.3 Å². The predicted molar refractivity (Wildman–Crippen MR) is 154 cm³/mol. The molecule has 2 amide bonds. The monoisotopic (exact) mass is 596 g/mol. The molecular weight excluding hydrogens is 575 g/mol. The molecule has 0 aliphatic carbocycles. The number of amides is 2. The number of ether oxygens (including phenoxy) is 1. The molecule has 5 aromatic rings. The van der Waals surface area contributed by atoms with Crippen LogP contribution in [0.5, 0.6) is 5.75 Å². The maximum atomic E-state index is 13.4. The minimum absolute atomic E-state index is 0.103. The van der Waals surface area contributed by atoms with Crippen LogP contribution in [0.15, 0.2) is 66.3 Å². The van der Waals surface area contributed by atoms with Crippen molar-refractivity contribution in [3.8, 4) is 5.75 Å². The van der Waals surface area contributed by atoms with Gasteiger partial charge in [-0.2, -0.15) is 0 Å². The number of halogens is 2. The zero-order chi connectivity index (χ0) is 27.9. The van der Waals surface area contributed by atoms with Crippen LogP contribution in [0.1, 0.15) is 20.2 Å². The summed E-state index contributed by atoms with van der Waals surface area (Å²) in [6.45, 7) is 0.728. The van der Waals surface area contributed by atoms with Crippen LogP contribution in [0.3, 0.4) is 0 Å². The number of rotatable bonds is 11. The van der Waals surface area contributed by atoms with Crippen molar-refractivity contribution < 1.29 is 18.7 Å². The SMILES string of the molecule is O=C(Cc1cccs1)NCCNC(=O)c1nc2c(Nc3ccc(OCc4cccc(F)c4)c(Cl)c3)ncnc2s1. The molecule has 0 fully saturated rings. The van der Waals surface area contributed by atoms with Gasteiger partial charge in [0.15, 0.2) is 10.8 Å². The summed E-state index contributed by atoms with van der Waals surface area (Å²) in [5.41, 5.74) is 1.74. The van der Waals surface area contributed by atoms with Crippen molar-refractivity contribution in [1.29, 1.82) is 0 Å². The Morgan fingerprint density at radius 2 is 1.90 bits per heavy atom. The Kier molecular flexibility index (Phi) is 8.79. The van der Waals surface area contributed by atoms with Gasteiger partial charge in [-0.05, 0) is 47.3 Å². The zero-order valence-corrected chi connectivity index (χ0v) is 23.2. The molecule has 9 nitrogen and oxygen atoms in total. The minimum Gasteiger partial charge on any atom is -0.487 e. The molecule has 0 aliphatic heterocycles. The second kappa shape index (κ2) is 12.8. The number of anilines is 2. The van der Waals surface area contributed by atoms with Gasteiger partial charge in [0.25, 0.3) is 5.91 Å². The van der Waals surface area contributed by atoms with Crippen LogP contribution in [0.4, 0.5) is 15.9 Å². The largest absolute Gasteiger partial charge is 0.487 e. The van der Waals surface area contributed by atoms with Crippen molar-refractivity contribution in [2.45, 2.75) is 13.0 Å². The van der Waals surface area contributed by atoms with Crippen LogP contribution in [0.2, 0.25) is 5.02 Å². The molecule has 2 aromatic carbocycles. The van der Waals surface area contributed by atoms with Gasteiger partial charge in [0, 0.05) is 23.7 Å². The second-order valence-electron chi connectivity index (χ2n) is 8.45. The smallest absolute Gasteiger partial charge is 0.280 e. The van der Waals surface area contributed by atoms with Gasteiger partial charge in [-0.15, -0.1) is 11.3 Å². The first kappa shape index (κ1) is 27.4. The lowest BCUT2D eigenvalue weighted by atomic mass is 10.2. The van der Waals surface area contributed by atoms with Crippen molar-refractivity contribution in [3.05, 3.63) is 92.6 Å². The number of carbonyl (C=O) groups excluding carboxylic acids is 2. The Labute approximate surface area is 241 Å². The predicted octanol–water partition coefficient (Wildman–Crippen LogP) is 5.35. The van der Waals surface area contributed by atoms with E-state index in [4.69, 9.17) is 16.3 Å². The van der Waals surface area contributed by atoms with Crippen LogP contribution in [-0.2, 0) is 17.8 Å². The third-order valence-corrected chi connectivity index (χ3v) is 7.65. The van der Waals surface area contributed by atoms with E-state index in [9.17, 15) is 14.0 Å². The number of benzene rings is 2. The highest BCUT2D eigenvalue weighted by Crippen LogP contribution is 2.32. The van der Waals surface area contributed by atoms with Gasteiger partial charge < -0.3 is 20.7 Å². The number of nitrogens with zero attached hydrogens (tertiary/aromatic N) is 3. The van der Waals surface area contributed by atoms with Crippen molar-refractivity contribution >= 4 is 67.9 Å². The van der Waals surface area contributed by atoms with Crippen molar-refractivity contribution in [2.75, 3.05) is 18.4 Å². The van der Waals surface area contributed by atoms with Gasteiger partial charge in [-0.1, -0.05) is 41.1 Å². The Balaban J connectivity index is 1.17. The lowest BCUT2D eigenvalue weighted by Crippen LogP contribution is -2.35. The van der Waals surface area contributed by atoms with Crippen LogP contribution in [0.25, 0.3) is 10.3 Å². The fourth-order valence-corrected chi connectivity index (χ4v) is 5.41. The van der Waals surface area contributed by atoms with Crippen molar-refractivity contribution in [3.63, 3.8) is 0 Å². The lowest BCUT2D eigenvalue weighted by molar-refractivity contribution is -0.120. The number of hydrogen-bond acceptors (Lipinski definition) is 9. The van der Waals surface area contributed by atoms with Gasteiger partial charge >= 0.3 is 0 Å². The Morgan fingerprint density at radius 3 is 2.70 bits per heavy atom. The molecule has 0 saturated heterocycles. The molecule has 5 rings (SSSR count). The maximum Gasteiger partial charge on any atom is 0.280 e. The zero-order valence-electron chi connectivity index (χ0n) is 20.8. The molecule has 13 heteroatoms. The summed E-state index contributed by atoms with van der Waals surface area (Å²) in [4.78, 5) is 39.1. The van der Waals surface area contributed by atoms with E-state index in [1.807, 2.05) is 17.5 Å². The molecule has 0 radical (unpaired) electrons. The number of fused-ring (bicyclic) bond motifs is 1. The Bertz CT molecular complexity index is 1650. The summed E-state index contributed by atoms with van der Waals surface area (Å²) < 4.78 is 19.1. The molecule has 0 bridgehead atoms. The maximum absolute atomic E-state index is 13.4. The van der Waals surface area contributed by atoms with Crippen LogP contribution in [-0.4, -0.2) is 39.9 Å². The Morgan fingerprint density at radius 1 is 1.02 bits per heavy atom. The normalized spacial score (nSPS) is 10.8. The minimum atomic E-state index is -0.371. The third kappa shape index (κ3) is 7.08. The summed E-state index contributed by atoms with van der Waals surface area (Å²) >= 11 is 9.07. The van der Waals surface area contributed by atoms with Crippen molar-refractivity contribution in [2.24, 2.45) is 0 Å². The molecule has 3 aromatic heterocycles. The van der Waals surface area contributed by atoms with E-state index in [1.165, 1.54) is 29.8 Å². The number of carbonyl (C=O) groups is 2. The number of nitrogens with one attached hydrogen (secondary N) is 3. The van der Waals surface area contributed by atoms with E-state index in [1.54, 1.807) is 30.3 Å². The van der Waals surface area contributed by atoms with E-state index in [2.05, 4.69) is 30.9 Å². The molecule has 0 saturated carbocycles. The number of aromatic nitrogens is 3. The fraction of sp³-hybridized carbons (Fsp3) is 0.148. The average Bonchev–Trinajstić information content (AvgIpc) is 3.61. The van der Waals surface area contributed by atoms with Crippen molar-refractivity contribution in [1.82, 2.24) is 25.6 Å². The van der Waals surface area contributed by atoms with Crippen LogP contribution >= 0.6 is 34.3 Å². The van der Waals surface area contributed by atoms with Gasteiger partial charge in [-0.3, -0.25) is 9.59 Å². The molecule has 3 N–H and O–H groups in total. The van der Waals surface area contributed by atoms with E-state index in [-0.39, 0.29) is 35.8 Å². The molecule has 3 heterocycles.